The standard InChI is InChI=1S/C8H16F3NO2S/c1-7(4-12)5-15(13)3-2-14-6-8(9,10)11/h7H,2-6,12H2,1H3. The number of halogens is 3. The normalized spacial score (nSPS) is 16.3. The summed E-state index contributed by atoms with van der Waals surface area (Å²) in [6.45, 7) is 0.851. The number of rotatable bonds is 7. The van der Waals surface area contributed by atoms with Crippen LogP contribution in [0.1, 0.15) is 6.92 Å². The molecule has 7 heteroatoms. The molecule has 3 nitrogen and oxygen atoms in total. The summed E-state index contributed by atoms with van der Waals surface area (Å²) in [5.41, 5.74) is 5.32. The number of hydrogen-bond acceptors (Lipinski definition) is 3. The summed E-state index contributed by atoms with van der Waals surface area (Å²) < 4.78 is 50.4. The van der Waals surface area contributed by atoms with Gasteiger partial charge in [-0.1, -0.05) is 6.92 Å². The number of nitrogens with two attached hydrogens (primary N) is 1. The first kappa shape index (κ1) is 14.9. The fourth-order valence-corrected chi connectivity index (χ4v) is 2.05. The molecule has 0 heterocycles. The molecular formula is C8H16F3NO2S. The van der Waals surface area contributed by atoms with E-state index in [0.29, 0.717) is 12.3 Å². The van der Waals surface area contributed by atoms with E-state index in [2.05, 4.69) is 4.74 Å². The van der Waals surface area contributed by atoms with Crippen molar-refractivity contribution in [1.29, 1.82) is 0 Å². The lowest BCUT2D eigenvalue weighted by Gasteiger charge is -2.09. The monoisotopic (exact) mass is 247 g/mol. The Morgan fingerprint density at radius 1 is 1.47 bits per heavy atom. The highest BCUT2D eigenvalue weighted by Crippen LogP contribution is 2.14. The lowest BCUT2D eigenvalue weighted by molar-refractivity contribution is -0.172. The fourth-order valence-electron chi connectivity index (χ4n) is 0.808. The molecule has 0 saturated carbocycles. The van der Waals surface area contributed by atoms with E-state index in [9.17, 15) is 17.4 Å². The number of hydrogen-bond donors (Lipinski definition) is 1. The molecule has 0 spiro atoms. The van der Waals surface area contributed by atoms with E-state index in [0.717, 1.165) is 0 Å². The van der Waals surface area contributed by atoms with E-state index < -0.39 is 23.6 Å². The van der Waals surface area contributed by atoms with Gasteiger partial charge in [0.2, 0.25) is 0 Å². The summed E-state index contributed by atoms with van der Waals surface area (Å²) in [6, 6.07) is 0. The van der Waals surface area contributed by atoms with Crippen molar-refractivity contribution in [3.8, 4) is 0 Å². The molecule has 92 valence electrons. The number of ether oxygens (including phenoxy) is 1. The Morgan fingerprint density at radius 2 is 2.07 bits per heavy atom. The first-order valence-corrected chi connectivity index (χ1v) is 6.03. The van der Waals surface area contributed by atoms with Gasteiger partial charge in [0.05, 0.1) is 6.61 Å². The minimum absolute atomic E-state index is 0.119. The minimum atomic E-state index is -4.31. The molecule has 0 rings (SSSR count). The van der Waals surface area contributed by atoms with E-state index in [4.69, 9.17) is 5.73 Å². The van der Waals surface area contributed by atoms with E-state index in [1.165, 1.54) is 0 Å². The van der Waals surface area contributed by atoms with Crippen LogP contribution in [0.5, 0.6) is 0 Å². The highest BCUT2D eigenvalue weighted by molar-refractivity contribution is 7.85. The average Bonchev–Trinajstić information content (AvgIpc) is 2.11. The van der Waals surface area contributed by atoms with Crippen LogP contribution in [0.25, 0.3) is 0 Å². The summed E-state index contributed by atoms with van der Waals surface area (Å²) in [5.74, 6) is 0.653. The second kappa shape index (κ2) is 7.19. The van der Waals surface area contributed by atoms with Crippen LogP contribution < -0.4 is 5.73 Å². The molecule has 0 aromatic carbocycles. The van der Waals surface area contributed by atoms with Crippen molar-refractivity contribution in [2.45, 2.75) is 13.1 Å². The molecule has 2 unspecified atom stereocenters. The molecule has 0 bridgehead atoms. The predicted molar refractivity (Wildman–Crippen MR) is 53.0 cm³/mol. The molecule has 0 aliphatic heterocycles. The van der Waals surface area contributed by atoms with Crippen LogP contribution in [0.4, 0.5) is 13.2 Å². The van der Waals surface area contributed by atoms with Crippen LogP contribution in [-0.4, -0.2) is 41.6 Å². The molecule has 0 aliphatic rings. The Balaban J connectivity index is 3.48. The maximum absolute atomic E-state index is 11.6. The average molecular weight is 247 g/mol. The highest BCUT2D eigenvalue weighted by Gasteiger charge is 2.27. The van der Waals surface area contributed by atoms with E-state index in [1.54, 1.807) is 0 Å². The summed E-state index contributed by atoms with van der Waals surface area (Å²) in [5, 5.41) is 0. The predicted octanol–water partition coefficient (Wildman–Crippen LogP) is 0.909. The van der Waals surface area contributed by atoms with E-state index in [-0.39, 0.29) is 18.3 Å². The summed E-state index contributed by atoms with van der Waals surface area (Å²) >= 11 is 0. The quantitative estimate of drug-likeness (QED) is 0.680. The fraction of sp³-hybridized carbons (Fsp3) is 1.00. The van der Waals surface area contributed by atoms with Gasteiger partial charge in [-0.25, -0.2) is 0 Å². The van der Waals surface area contributed by atoms with Crippen molar-refractivity contribution >= 4 is 10.8 Å². The highest BCUT2D eigenvalue weighted by atomic mass is 32.2. The Morgan fingerprint density at radius 3 is 2.53 bits per heavy atom. The molecule has 2 N–H and O–H groups in total. The van der Waals surface area contributed by atoms with Gasteiger partial charge in [-0.2, -0.15) is 13.2 Å². The molecule has 0 aromatic rings. The van der Waals surface area contributed by atoms with Gasteiger partial charge < -0.3 is 10.5 Å². The van der Waals surface area contributed by atoms with Gasteiger partial charge >= 0.3 is 6.18 Å². The van der Waals surface area contributed by atoms with Crippen molar-refractivity contribution in [2.75, 3.05) is 31.3 Å². The lowest BCUT2D eigenvalue weighted by atomic mass is 10.2. The van der Waals surface area contributed by atoms with Crippen LogP contribution in [0.2, 0.25) is 0 Å². The second-order valence-electron chi connectivity index (χ2n) is 3.32. The van der Waals surface area contributed by atoms with Gasteiger partial charge in [0.15, 0.2) is 0 Å². The van der Waals surface area contributed by atoms with Crippen molar-refractivity contribution < 1.29 is 22.1 Å². The van der Waals surface area contributed by atoms with Crippen molar-refractivity contribution in [2.24, 2.45) is 11.7 Å². The molecular weight excluding hydrogens is 231 g/mol. The largest absolute Gasteiger partial charge is 0.411 e. The summed E-state index contributed by atoms with van der Waals surface area (Å²) in [7, 11) is -1.15. The third kappa shape index (κ3) is 10.1. The summed E-state index contributed by atoms with van der Waals surface area (Å²) in [4.78, 5) is 0. The Bertz CT molecular complexity index is 199. The van der Waals surface area contributed by atoms with Gasteiger partial charge in [0, 0.05) is 22.3 Å². The topological polar surface area (TPSA) is 52.3 Å². The van der Waals surface area contributed by atoms with E-state index in [1.807, 2.05) is 6.92 Å². The maximum atomic E-state index is 11.6. The van der Waals surface area contributed by atoms with Crippen LogP contribution in [-0.2, 0) is 15.5 Å². The van der Waals surface area contributed by atoms with Gasteiger partial charge in [0.1, 0.15) is 6.61 Å². The molecule has 0 radical (unpaired) electrons. The Kier molecular flexibility index (Phi) is 7.12. The minimum Gasteiger partial charge on any atom is -0.371 e. The van der Waals surface area contributed by atoms with Gasteiger partial charge in [-0.05, 0) is 12.5 Å². The van der Waals surface area contributed by atoms with Crippen molar-refractivity contribution in [3.05, 3.63) is 0 Å². The zero-order valence-corrected chi connectivity index (χ0v) is 9.37. The molecule has 0 saturated heterocycles. The second-order valence-corrected chi connectivity index (χ2v) is 4.94. The SMILES string of the molecule is CC(CN)CS(=O)CCOCC(F)(F)F. The maximum Gasteiger partial charge on any atom is 0.411 e. The van der Waals surface area contributed by atoms with Crippen LogP contribution in [0.15, 0.2) is 0 Å². The molecule has 0 aromatic heterocycles. The molecule has 15 heavy (non-hydrogen) atoms. The van der Waals surface area contributed by atoms with Crippen LogP contribution >= 0.6 is 0 Å². The van der Waals surface area contributed by atoms with Crippen molar-refractivity contribution in [3.63, 3.8) is 0 Å². The molecule has 0 aliphatic carbocycles. The zero-order chi connectivity index (χ0) is 11.9. The molecule has 0 fully saturated rings. The third-order valence-electron chi connectivity index (χ3n) is 1.59. The first-order chi connectivity index (χ1) is 6.85. The van der Waals surface area contributed by atoms with Gasteiger partial charge in [-0.15, -0.1) is 0 Å². The third-order valence-corrected chi connectivity index (χ3v) is 3.16. The zero-order valence-electron chi connectivity index (χ0n) is 8.55. The first-order valence-electron chi connectivity index (χ1n) is 4.54. The number of alkyl halides is 3. The van der Waals surface area contributed by atoms with Gasteiger partial charge in [-0.3, -0.25) is 4.21 Å². The van der Waals surface area contributed by atoms with Gasteiger partial charge in [0.25, 0.3) is 0 Å². The summed E-state index contributed by atoms with van der Waals surface area (Å²) in [6.07, 6.45) is -4.31. The van der Waals surface area contributed by atoms with Crippen molar-refractivity contribution in [1.82, 2.24) is 0 Å². The smallest absolute Gasteiger partial charge is 0.371 e. The van der Waals surface area contributed by atoms with E-state index >= 15 is 0 Å². The lowest BCUT2D eigenvalue weighted by Crippen LogP contribution is -2.22. The molecule has 2 atom stereocenters. The Labute approximate surface area is 89.6 Å². The van der Waals surface area contributed by atoms with Crippen LogP contribution in [0, 0.1) is 5.92 Å². The van der Waals surface area contributed by atoms with Crippen LogP contribution in [0.3, 0.4) is 0 Å². The Hall–Kier alpha value is -0.140. The molecule has 0 amide bonds.